The van der Waals surface area contributed by atoms with Gasteiger partial charge in [-0.2, -0.15) is 15.1 Å². The molecule has 0 amide bonds. The van der Waals surface area contributed by atoms with Crippen LogP contribution in [-0.2, 0) is 0 Å². The van der Waals surface area contributed by atoms with Gasteiger partial charge >= 0.3 is 0 Å². The number of nitrogen functional groups attached to an aromatic ring is 1. The number of aromatic amines is 1. The minimum absolute atomic E-state index is 0.300. The molecule has 17 heavy (non-hydrogen) atoms. The highest BCUT2D eigenvalue weighted by molar-refractivity contribution is 5.87. The number of aromatic nitrogens is 4. The van der Waals surface area contributed by atoms with Crippen molar-refractivity contribution in [1.29, 1.82) is 0 Å². The quantitative estimate of drug-likeness (QED) is 0.467. The lowest BCUT2D eigenvalue weighted by molar-refractivity contribution is 0.559. The van der Waals surface area contributed by atoms with Crippen molar-refractivity contribution in [2.75, 3.05) is 10.7 Å². The second-order valence-electron chi connectivity index (χ2n) is 4.35. The van der Waals surface area contributed by atoms with Crippen LogP contribution in [0, 0.1) is 5.92 Å². The minimum Gasteiger partial charge on any atom is -0.367 e. The molecule has 0 fully saturated rings. The smallest absolute Gasteiger partial charge is 0.241 e. The maximum absolute atomic E-state index is 5.33. The van der Waals surface area contributed by atoms with Gasteiger partial charge in [0.25, 0.3) is 0 Å². The molecule has 92 valence electrons. The molecule has 2 aromatic rings. The van der Waals surface area contributed by atoms with E-state index < -0.39 is 0 Å². The lowest BCUT2D eigenvalue weighted by Crippen LogP contribution is -2.23. The summed E-state index contributed by atoms with van der Waals surface area (Å²) < 4.78 is 0. The number of anilines is 2. The molecule has 7 heteroatoms. The summed E-state index contributed by atoms with van der Waals surface area (Å²) in [5.41, 5.74) is 3.10. The van der Waals surface area contributed by atoms with E-state index in [4.69, 9.17) is 5.84 Å². The molecular formula is C10H17N7. The molecule has 0 spiro atoms. The number of hydrogen-bond acceptors (Lipinski definition) is 6. The van der Waals surface area contributed by atoms with Gasteiger partial charge in [-0.1, -0.05) is 13.8 Å². The van der Waals surface area contributed by atoms with E-state index in [0.717, 1.165) is 11.2 Å². The molecule has 5 N–H and O–H groups in total. The summed E-state index contributed by atoms with van der Waals surface area (Å²) in [6.07, 6.45) is 1.70. The highest BCUT2D eigenvalue weighted by atomic mass is 15.3. The average molecular weight is 235 g/mol. The van der Waals surface area contributed by atoms with E-state index in [-0.39, 0.29) is 0 Å². The third kappa shape index (κ3) is 2.28. The summed E-state index contributed by atoms with van der Waals surface area (Å²) in [5.74, 6) is 6.93. The molecule has 1 unspecified atom stereocenters. The van der Waals surface area contributed by atoms with Crippen LogP contribution in [0.2, 0.25) is 0 Å². The molecule has 0 aliphatic rings. The van der Waals surface area contributed by atoms with E-state index >= 15 is 0 Å². The number of nitrogens with zero attached hydrogens (tertiary/aromatic N) is 3. The molecule has 0 saturated carbocycles. The number of hydrogen-bond donors (Lipinski definition) is 4. The first-order valence-corrected chi connectivity index (χ1v) is 5.56. The molecule has 1 atom stereocenters. The first kappa shape index (κ1) is 11.6. The maximum Gasteiger partial charge on any atom is 0.241 e. The normalized spacial score (nSPS) is 13.0. The summed E-state index contributed by atoms with van der Waals surface area (Å²) in [7, 11) is 0. The Labute approximate surface area is 99.2 Å². The van der Waals surface area contributed by atoms with Gasteiger partial charge in [-0.05, 0) is 12.8 Å². The number of fused-ring (bicyclic) bond motifs is 1. The predicted octanol–water partition coefficient (Wildman–Crippen LogP) is 1.09. The molecule has 2 heterocycles. The van der Waals surface area contributed by atoms with Crippen LogP contribution in [0.4, 0.5) is 11.8 Å². The zero-order valence-electron chi connectivity index (χ0n) is 10.2. The van der Waals surface area contributed by atoms with Crippen LogP contribution in [-0.4, -0.2) is 26.2 Å². The van der Waals surface area contributed by atoms with Gasteiger partial charge in [0.2, 0.25) is 5.95 Å². The fourth-order valence-corrected chi connectivity index (χ4v) is 1.39. The molecule has 0 aromatic carbocycles. The van der Waals surface area contributed by atoms with Crippen molar-refractivity contribution in [3.8, 4) is 0 Å². The second-order valence-corrected chi connectivity index (χ2v) is 4.35. The fraction of sp³-hybridized carbons (Fsp3) is 0.500. The van der Waals surface area contributed by atoms with Gasteiger partial charge < -0.3 is 5.32 Å². The van der Waals surface area contributed by atoms with E-state index in [1.54, 1.807) is 6.20 Å². The molecule has 0 radical (unpaired) electrons. The number of hydrazine groups is 1. The third-order valence-electron chi connectivity index (χ3n) is 2.80. The number of nitrogens with one attached hydrogen (secondary N) is 3. The summed E-state index contributed by atoms with van der Waals surface area (Å²) in [4.78, 5) is 8.46. The van der Waals surface area contributed by atoms with Crippen LogP contribution in [0.3, 0.4) is 0 Å². The van der Waals surface area contributed by atoms with Crippen molar-refractivity contribution in [3.05, 3.63) is 6.20 Å². The van der Waals surface area contributed by atoms with E-state index in [0.29, 0.717) is 23.6 Å². The molecule has 2 aromatic heterocycles. The third-order valence-corrected chi connectivity index (χ3v) is 2.80. The average Bonchev–Trinajstić information content (AvgIpc) is 2.76. The zero-order valence-corrected chi connectivity index (χ0v) is 10.2. The van der Waals surface area contributed by atoms with Gasteiger partial charge in [-0.3, -0.25) is 10.5 Å². The molecule has 0 bridgehead atoms. The summed E-state index contributed by atoms with van der Waals surface area (Å²) in [6.45, 7) is 6.40. The van der Waals surface area contributed by atoms with Gasteiger partial charge in [0.05, 0.1) is 11.6 Å². The monoisotopic (exact) mass is 235 g/mol. The molecule has 0 aliphatic heterocycles. The Kier molecular flexibility index (Phi) is 3.10. The van der Waals surface area contributed by atoms with Crippen molar-refractivity contribution in [2.24, 2.45) is 11.8 Å². The lowest BCUT2D eigenvalue weighted by atomic mass is 10.1. The molecule has 7 nitrogen and oxygen atoms in total. The summed E-state index contributed by atoms with van der Waals surface area (Å²) in [6, 6.07) is 0.300. The van der Waals surface area contributed by atoms with Crippen molar-refractivity contribution in [1.82, 2.24) is 20.2 Å². The topological polar surface area (TPSA) is 105 Å². The summed E-state index contributed by atoms with van der Waals surface area (Å²) >= 11 is 0. The highest BCUT2D eigenvalue weighted by Crippen LogP contribution is 2.21. The van der Waals surface area contributed by atoms with Gasteiger partial charge in [0, 0.05) is 6.04 Å². The SMILES string of the molecule is CC(C)C(C)Nc1nc(NN)nc2[nH]ncc12. The van der Waals surface area contributed by atoms with Gasteiger partial charge in [0.15, 0.2) is 5.65 Å². The minimum atomic E-state index is 0.300. The zero-order chi connectivity index (χ0) is 12.4. The van der Waals surface area contributed by atoms with Crippen LogP contribution in [0.1, 0.15) is 20.8 Å². The molecule has 2 rings (SSSR count). The van der Waals surface area contributed by atoms with Crippen LogP contribution in [0.25, 0.3) is 11.0 Å². The van der Waals surface area contributed by atoms with Gasteiger partial charge in [-0.25, -0.2) is 5.84 Å². The molecular weight excluding hydrogens is 218 g/mol. The maximum atomic E-state index is 5.33. The Hall–Kier alpha value is -1.89. The Morgan fingerprint density at radius 1 is 1.29 bits per heavy atom. The van der Waals surface area contributed by atoms with E-state index in [2.05, 4.69) is 51.7 Å². The first-order valence-electron chi connectivity index (χ1n) is 5.56. The second kappa shape index (κ2) is 4.54. The Morgan fingerprint density at radius 2 is 2.06 bits per heavy atom. The number of rotatable bonds is 4. The van der Waals surface area contributed by atoms with Crippen molar-refractivity contribution < 1.29 is 0 Å². The van der Waals surface area contributed by atoms with E-state index in [1.165, 1.54) is 0 Å². The van der Waals surface area contributed by atoms with E-state index in [9.17, 15) is 0 Å². The Bertz CT molecular complexity index is 504. The van der Waals surface area contributed by atoms with Crippen LogP contribution in [0.15, 0.2) is 6.20 Å². The van der Waals surface area contributed by atoms with Crippen LogP contribution < -0.4 is 16.6 Å². The standard InChI is InChI=1S/C10H17N7/c1-5(2)6(3)13-8-7-4-12-17-9(7)15-10(14-8)16-11/h4-6H,11H2,1-3H3,(H3,12,13,14,15,16,17). The van der Waals surface area contributed by atoms with Crippen LogP contribution in [0.5, 0.6) is 0 Å². The first-order chi connectivity index (χ1) is 8.11. The Balaban J connectivity index is 2.40. The number of H-pyrrole nitrogens is 1. The Morgan fingerprint density at radius 3 is 2.71 bits per heavy atom. The van der Waals surface area contributed by atoms with Crippen molar-refractivity contribution in [2.45, 2.75) is 26.8 Å². The van der Waals surface area contributed by atoms with Crippen LogP contribution >= 0.6 is 0 Å². The number of nitrogens with two attached hydrogens (primary N) is 1. The highest BCUT2D eigenvalue weighted by Gasteiger charge is 2.13. The van der Waals surface area contributed by atoms with Gasteiger partial charge in [-0.15, -0.1) is 0 Å². The van der Waals surface area contributed by atoms with Gasteiger partial charge in [0.1, 0.15) is 5.82 Å². The molecule has 0 saturated heterocycles. The summed E-state index contributed by atoms with van der Waals surface area (Å²) in [5, 5.41) is 11.0. The van der Waals surface area contributed by atoms with E-state index in [1.807, 2.05) is 0 Å². The predicted molar refractivity (Wildman–Crippen MR) is 67.4 cm³/mol. The van der Waals surface area contributed by atoms with Crippen molar-refractivity contribution >= 4 is 22.8 Å². The fourth-order valence-electron chi connectivity index (χ4n) is 1.39. The lowest BCUT2D eigenvalue weighted by Gasteiger charge is -2.18. The van der Waals surface area contributed by atoms with Crippen molar-refractivity contribution in [3.63, 3.8) is 0 Å². The molecule has 0 aliphatic carbocycles. The largest absolute Gasteiger partial charge is 0.367 e.